The molecule has 0 bridgehead atoms. The zero-order valence-corrected chi connectivity index (χ0v) is 9.99. The molecular weight excluding hydrogens is 181 g/mol. The van der Waals surface area contributed by atoms with Crippen LogP contribution in [0.15, 0.2) is 24.3 Å². The van der Waals surface area contributed by atoms with Gasteiger partial charge in [-0.05, 0) is 17.7 Å². The van der Waals surface area contributed by atoms with Gasteiger partial charge in [-0.25, -0.2) is 0 Å². The van der Waals surface area contributed by atoms with E-state index in [4.69, 9.17) is 4.74 Å². The van der Waals surface area contributed by atoms with Crippen molar-refractivity contribution in [2.24, 2.45) is 0 Å². The van der Waals surface area contributed by atoms with Crippen molar-refractivity contribution in [2.75, 3.05) is 25.6 Å². The van der Waals surface area contributed by atoms with Crippen LogP contribution in [0.3, 0.4) is 0 Å². The molecular formula is C12H18LiNO. The minimum Gasteiger partial charge on any atom is -0.379 e. The quantitative estimate of drug-likeness (QED) is 0.360. The molecule has 0 aliphatic heterocycles. The Morgan fingerprint density at radius 1 is 1.20 bits per heavy atom. The van der Waals surface area contributed by atoms with Crippen molar-refractivity contribution in [3.8, 4) is 0 Å². The maximum atomic E-state index is 5.39. The minimum absolute atomic E-state index is 0. The summed E-state index contributed by atoms with van der Waals surface area (Å²) in [6.07, 6.45) is 0.829. The Morgan fingerprint density at radius 3 is 2.27 bits per heavy atom. The van der Waals surface area contributed by atoms with E-state index in [-0.39, 0.29) is 18.9 Å². The molecule has 1 rings (SSSR count). The number of benzene rings is 1. The maximum absolute atomic E-state index is 5.39. The van der Waals surface area contributed by atoms with Gasteiger partial charge in [-0.2, -0.15) is 6.42 Å². The summed E-state index contributed by atoms with van der Waals surface area (Å²) in [6, 6.07) is 8.39. The summed E-state index contributed by atoms with van der Waals surface area (Å²) in [5, 5.41) is 0. The molecule has 0 radical (unpaired) electrons. The van der Waals surface area contributed by atoms with Crippen molar-refractivity contribution >= 4 is 5.69 Å². The smallest absolute Gasteiger partial charge is 0.379 e. The fourth-order valence-electron chi connectivity index (χ4n) is 1.18. The largest absolute Gasteiger partial charge is 1.00 e. The van der Waals surface area contributed by atoms with Gasteiger partial charge in [-0.15, -0.1) is 0 Å². The third-order valence-corrected chi connectivity index (χ3v) is 2.01. The summed E-state index contributed by atoms with van der Waals surface area (Å²) in [4.78, 5) is 2.08. The first kappa shape index (κ1) is 14.6. The van der Waals surface area contributed by atoms with E-state index >= 15 is 0 Å². The molecule has 0 aliphatic carbocycles. The Bertz CT molecular complexity index is 259. The molecule has 1 aromatic rings. The summed E-state index contributed by atoms with van der Waals surface area (Å²) >= 11 is 0. The van der Waals surface area contributed by atoms with Gasteiger partial charge >= 0.3 is 18.9 Å². The zero-order chi connectivity index (χ0) is 10.4. The number of hydrogen-bond donors (Lipinski definition) is 0. The third-order valence-electron chi connectivity index (χ3n) is 2.01. The van der Waals surface area contributed by atoms with Gasteiger partial charge in [0, 0.05) is 26.4 Å². The first-order valence-electron chi connectivity index (χ1n) is 4.87. The zero-order valence-electron chi connectivity index (χ0n) is 9.99. The number of nitrogens with zero attached hydrogens (tertiary/aromatic N) is 1. The number of hydrogen-bond acceptors (Lipinski definition) is 2. The Hall–Kier alpha value is -0.423. The summed E-state index contributed by atoms with van der Waals surface area (Å²) in [5.41, 5.74) is 2.43. The van der Waals surface area contributed by atoms with Crippen molar-refractivity contribution < 1.29 is 23.6 Å². The van der Waals surface area contributed by atoms with Gasteiger partial charge in [-0.1, -0.05) is 12.1 Å². The van der Waals surface area contributed by atoms with Crippen molar-refractivity contribution in [3.05, 3.63) is 36.8 Å². The van der Waals surface area contributed by atoms with Crippen molar-refractivity contribution in [3.63, 3.8) is 0 Å². The second-order valence-electron chi connectivity index (χ2n) is 3.47. The van der Waals surface area contributed by atoms with Crippen LogP contribution in [0, 0.1) is 6.92 Å². The predicted molar refractivity (Wildman–Crippen MR) is 60.4 cm³/mol. The van der Waals surface area contributed by atoms with Gasteiger partial charge in [0.15, 0.2) is 0 Å². The molecule has 0 heterocycles. The second kappa shape index (κ2) is 7.82. The number of anilines is 1. The van der Waals surface area contributed by atoms with Crippen LogP contribution in [0.2, 0.25) is 0 Å². The number of ether oxygens (including phenoxy) is 1. The summed E-state index contributed by atoms with van der Waals surface area (Å²) in [6.45, 7) is 5.14. The van der Waals surface area contributed by atoms with Crippen LogP contribution in [0.4, 0.5) is 5.69 Å². The molecule has 1 aromatic carbocycles. The molecule has 0 aliphatic rings. The molecule has 0 fully saturated rings. The van der Waals surface area contributed by atoms with Gasteiger partial charge in [0.25, 0.3) is 0 Å². The van der Waals surface area contributed by atoms with Crippen LogP contribution >= 0.6 is 0 Å². The molecule has 0 unspecified atom stereocenters. The van der Waals surface area contributed by atoms with Gasteiger partial charge in [0.2, 0.25) is 0 Å². The van der Waals surface area contributed by atoms with E-state index in [1.165, 1.54) is 11.3 Å². The maximum Gasteiger partial charge on any atom is 1.00 e. The van der Waals surface area contributed by atoms with Crippen LogP contribution in [0.25, 0.3) is 0 Å². The normalized spacial score (nSPS) is 9.53. The van der Waals surface area contributed by atoms with Crippen molar-refractivity contribution in [1.29, 1.82) is 0 Å². The molecule has 15 heavy (non-hydrogen) atoms. The summed E-state index contributed by atoms with van der Waals surface area (Å²) in [5.74, 6) is 0. The van der Waals surface area contributed by atoms with Gasteiger partial charge in [0.1, 0.15) is 0 Å². The first-order chi connectivity index (χ1) is 6.74. The molecule has 3 heteroatoms. The van der Waals surface area contributed by atoms with Crippen LogP contribution in [-0.4, -0.2) is 20.7 Å². The van der Waals surface area contributed by atoms with Crippen molar-refractivity contribution in [2.45, 2.75) is 13.0 Å². The molecule has 0 atom stereocenters. The second-order valence-corrected chi connectivity index (χ2v) is 3.47. The predicted octanol–water partition coefficient (Wildman–Crippen LogP) is -0.503. The molecule has 0 aromatic heterocycles. The Labute approximate surface area is 105 Å². The Morgan fingerprint density at radius 2 is 1.80 bits per heavy atom. The van der Waals surface area contributed by atoms with Gasteiger partial charge < -0.3 is 16.6 Å². The van der Waals surface area contributed by atoms with E-state index in [0.29, 0.717) is 6.61 Å². The minimum atomic E-state index is 0. The third kappa shape index (κ3) is 5.27. The van der Waals surface area contributed by atoms with E-state index < -0.39 is 0 Å². The van der Waals surface area contributed by atoms with Crippen molar-refractivity contribution in [1.82, 2.24) is 0 Å². The molecule has 78 valence electrons. The molecule has 0 saturated heterocycles. The van der Waals surface area contributed by atoms with E-state index in [2.05, 4.69) is 36.1 Å². The van der Waals surface area contributed by atoms with E-state index in [1.54, 1.807) is 0 Å². The standard InChI is InChI=1S/C12H18NO.Li/c1-4-9-14-10-11-5-7-12(8-6-11)13(2)3;/h5-8H,1,4,9-10H2,2-3H3;/q-1;+1. The van der Waals surface area contributed by atoms with Gasteiger partial charge in [0.05, 0.1) is 6.61 Å². The SMILES string of the molecule is [CH2-]CCOCc1ccc(N(C)C)cc1.[Li+]. The fraction of sp³-hybridized carbons (Fsp3) is 0.417. The average molecular weight is 199 g/mol. The molecule has 2 nitrogen and oxygen atoms in total. The molecule has 0 amide bonds. The van der Waals surface area contributed by atoms with E-state index in [9.17, 15) is 0 Å². The Balaban J connectivity index is 0.00000196. The van der Waals surface area contributed by atoms with Gasteiger partial charge in [-0.3, -0.25) is 0 Å². The molecule has 0 saturated carbocycles. The summed E-state index contributed by atoms with van der Waals surface area (Å²) < 4.78 is 5.39. The van der Waals surface area contributed by atoms with E-state index in [1.807, 2.05) is 14.1 Å². The topological polar surface area (TPSA) is 12.5 Å². The van der Waals surface area contributed by atoms with Crippen LogP contribution < -0.4 is 23.8 Å². The molecule has 0 N–H and O–H groups in total. The Kier molecular flexibility index (Phi) is 7.60. The van der Waals surface area contributed by atoms with Crippen LogP contribution in [-0.2, 0) is 11.3 Å². The summed E-state index contributed by atoms with van der Waals surface area (Å²) in [7, 11) is 4.07. The van der Waals surface area contributed by atoms with Crippen LogP contribution in [0.5, 0.6) is 0 Å². The molecule has 0 spiro atoms. The fourth-order valence-corrected chi connectivity index (χ4v) is 1.18. The van der Waals surface area contributed by atoms with E-state index in [0.717, 1.165) is 13.0 Å². The number of rotatable bonds is 5. The average Bonchev–Trinajstić information content (AvgIpc) is 2.19. The monoisotopic (exact) mass is 199 g/mol. The van der Waals surface area contributed by atoms with Crippen LogP contribution in [0.1, 0.15) is 12.0 Å². The first-order valence-corrected chi connectivity index (χ1v) is 4.87.